The summed E-state index contributed by atoms with van der Waals surface area (Å²) in [6.45, 7) is 17.1. The number of carbonyl (C=O) groups is 2. The predicted octanol–water partition coefficient (Wildman–Crippen LogP) is 11.8. The van der Waals surface area contributed by atoms with Gasteiger partial charge in [0, 0.05) is 37.3 Å². The van der Waals surface area contributed by atoms with Gasteiger partial charge in [-0.3, -0.25) is 19.4 Å². The molecule has 0 aliphatic heterocycles. The number of rotatable bonds is 16. The molecule has 0 N–H and O–H groups in total. The highest BCUT2D eigenvalue weighted by molar-refractivity contribution is 5.71. The van der Waals surface area contributed by atoms with E-state index in [1.807, 2.05) is 65.8 Å². The number of ether oxygens (including phenoxy) is 2. The molecule has 5 aromatic rings. The lowest BCUT2D eigenvalue weighted by Crippen LogP contribution is -2.35. The molecule has 0 saturated heterocycles. The van der Waals surface area contributed by atoms with Gasteiger partial charge in [-0.15, -0.1) is 0 Å². The minimum absolute atomic E-state index is 0.0171. The van der Waals surface area contributed by atoms with Crippen molar-refractivity contribution in [3.05, 3.63) is 179 Å². The van der Waals surface area contributed by atoms with Crippen LogP contribution >= 0.6 is 0 Å². The first-order valence-corrected chi connectivity index (χ1v) is 19.9. The third kappa shape index (κ3) is 12.5. The zero-order valence-electron chi connectivity index (χ0n) is 34.5. The van der Waals surface area contributed by atoms with Crippen molar-refractivity contribution >= 4 is 11.9 Å². The van der Waals surface area contributed by atoms with E-state index in [9.17, 15) is 9.59 Å². The van der Waals surface area contributed by atoms with Gasteiger partial charge in [0.2, 0.25) is 0 Å². The van der Waals surface area contributed by atoms with E-state index in [0.717, 1.165) is 33.4 Å². The third-order valence-electron chi connectivity index (χ3n) is 10.0. The molecule has 0 fully saturated rings. The Bertz CT molecular complexity index is 1790. The first-order chi connectivity index (χ1) is 26.7. The number of esters is 2. The molecular weight excluding hydrogens is 693 g/mol. The molecule has 56 heavy (non-hydrogen) atoms. The van der Waals surface area contributed by atoms with E-state index >= 15 is 0 Å². The molecule has 6 heteroatoms. The molecule has 2 unspecified atom stereocenters. The van der Waals surface area contributed by atoms with E-state index in [-0.39, 0.29) is 48.9 Å². The van der Waals surface area contributed by atoms with Crippen molar-refractivity contribution in [1.29, 1.82) is 0 Å². The summed E-state index contributed by atoms with van der Waals surface area (Å²) in [4.78, 5) is 32.3. The van der Waals surface area contributed by atoms with Gasteiger partial charge in [-0.2, -0.15) is 0 Å². The molecule has 0 aromatic heterocycles. The van der Waals surface area contributed by atoms with E-state index in [1.54, 1.807) is 0 Å². The Morgan fingerprint density at radius 1 is 0.446 bits per heavy atom. The molecule has 0 radical (unpaired) electrons. The van der Waals surface area contributed by atoms with Crippen LogP contribution < -0.4 is 0 Å². The largest absolute Gasteiger partial charge is 0.460 e. The quantitative estimate of drug-likeness (QED) is 0.0936. The van der Waals surface area contributed by atoms with Crippen molar-refractivity contribution in [3.8, 4) is 0 Å². The number of hydrogen-bond acceptors (Lipinski definition) is 6. The van der Waals surface area contributed by atoms with Gasteiger partial charge in [-0.25, -0.2) is 0 Å². The zero-order valence-corrected chi connectivity index (χ0v) is 34.5. The van der Waals surface area contributed by atoms with Crippen molar-refractivity contribution in [1.82, 2.24) is 9.80 Å². The molecule has 0 aliphatic carbocycles. The highest BCUT2D eigenvalue weighted by atomic mass is 16.6. The summed E-state index contributed by atoms with van der Waals surface area (Å²) in [6.07, 6.45) is 0.347. The molecule has 0 aliphatic rings. The Balaban J connectivity index is 1.60. The molecule has 0 bridgehead atoms. The van der Waals surface area contributed by atoms with Gasteiger partial charge >= 0.3 is 11.9 Å². The topological polar surface area (TPSA) is 59.1 Å². The standard InChI is InChI=1S/C50H60N2O4/c1-37(41-25-17-11-18-26-41)51(35-39-21-13-9-14-22-39)45(33-47(53)55-49(3,4)5)43-29-31-44(32-30-43)46(34-48(54)56-50(6,7)8)52(36-40-23-15-10-16-24-40)38(2)42-27-19-12-20-28-42/h9-32,37-38,45-46H,33-36H2,1-8H3/t37-,38+,45?,46?. The van der Waals surface area contributed by atoms with E-state index in [2.05, 4.69) is 145 Å². The van der Waals surface area contributed by atoms with E-state index in [1.165, 1.54) is 0 Å². The maximum absolute atomic E-state index is 13.7. The van der Waals surface area contributed by atoms with Gasteiger partial charge < -0.3 is 9.47 Å². The van der Waals surface area contributed by atoms with Crippen LogP contribution in [-0.2, 0) is 32.2 Å². The summed E-state index contributed by atoms with van der Waals surface area (Å²) in [7, 11) is 0. The Morgan fingerprint density at radius 2 is 0.732 bits per heavy atom. The number of carbonyl (C=O) groups excluding carboxylic acids is 2. The fourth-order valence-electron chi connectivity index (χ4n) is 7.34. The Morgan fingerprint density at radius 3 is 1.02 bits per heavy atom. The molecule has 0 heterocycles. The second-order valence-corrected chi connectivity index (χ2v) is 16.8. The van der Waals surface area contributed by atoms with Crippen LogP contribution in [0.2, 0.25) is 0 Å². The first kappa shape index (κ1) is 42.1. The summed E-state index contributed by atoms with van der Waals surface area (Å²) in [5.74, 6) is -0.503. The van der Waals surface area contributed by atoms with Crippen molar-refractivity contribution in [3.63, 3.8) is 0 Å². The van der Waals surface area contributed by atoms with Crippen LogP contribution in [0.1, 0.15) is 126 Å². The second kappa shape index (κ2) is 19.2. The van der Waals surface area contributed by atoms with Gasteiger partial charge in [-0.05, 0) is 88.8 Å². The van der Waals surface area contributed by atoms with E-state index in [4.69, 9.17) is 9.47 Å². The summed E-state index contributed by atoms with van der Waals surface area (Å²) >= 11 is 0. The van der Waals surface area contributed by atoms with Gasteiger partial charge in [0.1, 0.15) is 11.2 Å². The molecule has 5 rings (SSSR count). The molecule has 0 amide bonds. The van der Waals surface area contributed by atoms with Gasteiger partial charge in [0.25, 0.3) is 0 Å². The van der Waals surface area contributed by atoms with Crippen molar-refractivity contribution < 1.29 is 19.1 Å². The van der Waals surface area contributed by atoms with Gasteiger partial charge in [0.05, 0.1) is 12.8 Å². The van der Waals surface area contributed by atoms with Crippen LogP contribution in [0.25, 0.3) is 0 Å². The van der Waals surface area contributed by atoms with Crippen LogP contribution in [0.5, 0.6) is 0 Å². The Hall–Kier alpha value is -5.04. The zero-order chi connectivity index (χ0) is 40.3. The van der Waals surface area contributed by atoms with Crippen LogP contribution in [0.3, 0.4) is 0 Å². The third-order valence-corrected chi connectivity index (χ3v) is 10.0. The lowest BCUT2D eigenvalue weighted by molar-refractivity contribution is -0.158. The molecule has 4 atom stereocenters. The van der Waals surface area contributed by atoms with Crippen LogP contribution in [0.15, 0.2) is 146 Å². The first-order valence-electron chi connectivity index (χ1n) is 19.9. The highest BCUT2D eigenvalue weighted by Gasteiger charge is 2.33. The summed E-state index contributed by atoms with van der Waals surface area (Å²) in [5, 5.41) is 0. The predicted molar refractivity (Wildman–Crippen MR) is 227 cm³/mol. The lowest BCUT2D eigenvalue weighted by Gasteiger charge is -2.39. The van der Waals surface area contributed by atoms with Crippen LogP contribution in [0, 0.1) is 0 Å². The average molecular weight is 753 g/mol. The van der Waals surface area contributed by atoms with E-state index < -0.39 is 11.2 Å². The van der Waals surface area contributed by atoms with Crippen molar-refractivity contribution in [2.45, 2.75) is 117 Å². The summed E-state index contributed by atoms with van der Waals surface area (Å²) in [5.41, 5.74) is 5.41. The molecule has 0 spiro atoms. The van der Waals surface area contributed by atoms with Crippen molar-refractivity contribution in [2.24, 2.45) is 0 Å². The summed E-state index contributed by atoms with van der Waals surface area (Å²) in [6, 6.07) is 49.6. The maximum Gasteiger partial charge on any atom is 0.308 e. The molecule has 0 saturated carbocycles. The van der Waals surface area contributed by atoms with E-state index in [0.29, 0.717) is 13.1 Å². The number of benzene rings is 5. The lowest BCUT2D eigenvalue weighted by atomic mass is 9.92. The molecule has 294 valence electrons. The second-order valence-electron chi connectivity index (χ2n) is 16.8. The van der Waals surface area contributed by atoms with Crippen LogP contribution in [0.4, 0.5) is 0 Å². The SMILES string of the molecule is C[C@H](c1ccccc1)N(Cc1ccccc1)C(CC(=O)OC(C)(C)C)c1ccc(C(CC(=O)OC(C)(C)C)N(Cc2ccccc2)[C@@H](C)c2ccccc2)cc1. The maximum atomic E-state index is 13.7. The molecule has 5 aromatic carbocycles. The normalized spacial score (nSPS) is 14.2. The minimum atomic E-state index is -0.618. The number of hydrogen-bond donors (Lipinski definition) is 0. The average Bonchev–Trinajstić information content (AvgIpc) is 3.17. The Labute approximate surface area is 335 Å². The number of nitrogens with zero attached hydrogens (tertiary/aromatic N) is 2. The van der Waals surface area contributed by atoms with Crippen LogP contribution in [-0.4, -0.2) is 32.9 Å². The Kier molecular flexibility index (Phi) is 14.4. The molecular formula is C50H60N2O4. The summed E-state index contributed by atoms with van der Waals surface area (Å²) < 4.78 is 11.9. The monoisotopic (exact) mass is 752 g/mol. The smallest absolute Gasteiger partial charge is 0.308 e. The fraction of sp³-hybridized carbons (Fsp3) is 0.360. The van der Waals surface area contributed by atoms with Gasteiger partial charge in [0.15, 0.2) is 0 Å². The van der Waals surface area contributed by atoms with Crippen molar-refractivity contribution in [2.75, 3.05) is 0 Å². The highest BCUT2D eigenvalue weighted by Crippen LogP contribution is 2.39. The van der Waals surface area contributed by atoms with Gasteiger partial charge in [-0.1, -0.05) is 146 Å². The molecule has 6 nitrogen and oxygen atoms in total. The fourth-order valence-corrected chi connectivity index (χ4v) is 7.34. The minimum Gasteiger partial charge on any atom is -0.460 e.